The van der Waals surface area contributed by atoms with E-state index in [0.717, 1.165) is 11.5 Å². The molecule has 0 unspecified atom stereocenters. The fourth-order valence-electron chi connectivity index (χ4n) is 1.97. The lowest BCUT2D eigenvalue weighted by Gasteiger charge is -2.09. The Morgan fingerprint density at radius 3 is 2.47 bits per heavy atom. The largest absolute Gasteiger partial charge is 0.493 e. The lowest BCUT2D eigenvalue weighted by atomic mass is 10.1. The summed E-state index contributed by atoms with van der Waals surface area (Å²) in [4.78, 5) is 0. The van der Waals surface area contributed by atoms with Crippen LogP contribution in [-0.2, 0) is 0 Å². The van der Waals surface area contributed by atoms with Crippen LogP contribution in [0.15, 0.2) is 24.3 Å². The minimum absolute atomic E-state index is 0.792. The summed E-state index contributed by atoms with van der Waals surface area (Å²) in [5, 5.41) is 0. The first-order valence-corrected chi connectivity index (χ1v) is 5.26. The van der Waals surface area contributed by atoms with E-state index in [2.05, 4.69) is 18.2 Å². The predicted octanol–water partition coefficient (Wildman–Crippen LogP) is 3.27. The Bertz CT molecular complexity index is 380. The van der Waals surface area contributed by atoms with E-state index in [1.807, 2.05) is 6.07 Å². The van der Waals surface area contributed by atoms with Gasteiger partial charge in [0.2, 0.25) is 0 Å². The third-order valence-electron chi connectivity index (χ3n) is 2.80. The monoisotopic (exact) mass is 204 g/mol. The van der Waals surface area contributed by atoms with Gasteiger partial charge in [-0.2, -0.15) is 0 Å². The molecule has 2 nitrogen and oxygen atoms in total. The molecule has 0 aliphatic heterocycles. The molecule has 0 N–H and O–H groups in total. The van der Waals surface area contributed by atoms with Crippen molar-refractivity contribution in [1.29, 1.82) is 0 Å². The Kier molecular flexibility index (Phi) is 2.95. The molecule has 0 aromatic heterocycles. The zero-order chi connectivity index (χ0) is 10.7. The van der Waals surface area contributed by atoms with Gasteiger partial charge in [-0.25, -0.2) is 0 Å². The first-order chi connectivity index (χ1) is 7.35. The van der Waals surface area contributed by atoms with E-state index in [4.69, 9.17) is 9.47 Å². The van der Waals surface area contributed by atoms with E-state index in [-0.39, 0.29) is 0 Å². The molecule has 1 aliphatic carbocycles. The molecule has 1 aromatic rings. The van der Waals surface area contributed by atoms with E-state index in [9.17, 15) is 0 Å². The van der Waals surface area contributed by atoms with Gasteiger partial charge < -0.3 is 9.47 Å². The van der Waals surface area contributed by atoms with Gasteiger partial charge in [-0.05, 0) is 42.5 Å². The zero-order valence-corrected chi connectivity index (χ0v) is 9.25. The van der Waals surface area contributed by atoms with Gasteiger partial charge in [-0.1, -0.05) is 12.1 Å². The minimum atomic E-state index is 0.792. The molecule has 15 heavy (non-hydrogen) atoms. The summed E-state index contributed by atoms with van der Waals surface area (Å²) in [5.41, 5.74) is 2.68. The summed E-state index contributed by atoms with van der Waals surface area (Å²) in [6, 6.07) is 6.11. The molecule has 0 fully saturated rings. The highest BCUT2D eigenvalue weighted by Crippen LogP contribution is 2.34. The van der Waals surface area contributed by atoms with Crippen molar-refractivity contribution in [2.75, 3.05) is 14.2 Å². The predicted molar refractivity (Wildman–Crippen MR) is 61.4 cm³/mol. The van der Waals surface area contributed by atoms with Crippen molar-refractivity contribution in [3.63, 3.8) is 0 Å². The molecular weight excluding hydrogens is 188 g/mol. The van der Waals surface area contributed by atoms with Crippen LogP contribution in [0.1, 0.15) is 24.8 Å². The van der Waals surface area contributed by atoms with Crippen LogP contribution in [-0.4, -0.2) is 14.2 Å². The van der Waals surface area contributed by atoms with Crippen molar-refractivity contribution in [3.05, 3.63) is 29.8 Å². The normalized spacial score (nSPS) is 14.9. The lowest BCUT2D eigenvalue weighted by Crippen LogP contribution is -1.91. The molecular formula is C13H16O2. The van der Waals surface area contributed by atoms with E-state index < -0.39 is 0 Å². The fraction of sp³-hybridized carbons (Fsp3) is 0.385. The second-order valence-corrected chi connectivity index (χ2v) is 3.69. The van der Waals surface area contributed by atoms with Gasteiger partial charge in [0.1, 0.15) is 0 Å². The van der Waals surface area contributed by atoms with Crippen molar-refractivity contribution >= 4 is 5.57 Å². The number of allylic oxidation sites excluding steroid dienone is 2. The second-order valence-electron chi connectivity index (χ2n) is 3.69. The molecule has 0 radical (unpaired) electrons. The van der Waals surface area contributed by atoms with Crippen molar-refractivity contribution in [2.45, 2.75) is 19.3 Å². The first-order valence-electron chi connectivity index (χ1n) is 5.26. The molecule has 0 bridgehead atoms. The number of rotatable bonds is 3. The van der Waals surface area contributed by atoms with E-state index in [1.165, 1.54) is 30.4 Å². The van der Waals surface area contributed by atoms with Gasteiger partial charge in [0, 0.05) is 0 Å². The second kappa shape index (κ2) is 4.39. The van der Waals surface area contributed by atoms with Crippen LogP contribution in [0.3, 0.4) is 0 Å². The number of hydrogen-bond donors (Lipinski definition) is 0. The average Bonchev–Trinajstić information content (AvgIpc) is 2.81. The third-order valence-corrected chi connectivity index (χ3v) is 2.80. The van der Waals surface area contributed by atoms with Crippen molar-refractivity contribution in [2.24, 2.45) is 0 Å². The van der Waals surface area contributed by atoms with Crippen molar-refractivity contribution in [1.82, 2.24) is 0 Å². The fourth-order valence-corrected chi connectivity index (χ4v) is 1.97. The maximum Gasteiger partial charge on any atom is 0.161 e. The smallest absolute Gasteiger partial charge is 0.161 e. The van der Waals surface area contributed by atoms with Crippen LogP contribution >= 0.6 is 0 Å². The molecule has 80 valence electrons. The van der Waals surface area contributed by atoms with Crippen molar-refractivity contribution in [3.8, 4) is 11.5 Å². The summed E-state index contributed by atoms with van der Waals surface area (Å²) in [5.74, 6) is 1.60. The van der Waals surface area contributed by atoms with Gasteiger partial charge in [-0.3, -0.25) is 0 Å². The molecule has 0 saturated carbocycles. The number of hydrogen-bond acceptors (Lipinski definition) is 2. The van der Waals surface area contributed by atoms with Crippen LogP contribution in [0.4, 0.5) is 0 Å². The van der Waals surface area contributed by atoms with Crippen LogP contribution in [0.25, 0.3) is 5.57 Å². The molecule has 1 aliphatic rings. The maximum absolute atomic E-state index is 5.28. The molecule has 0 heterocycles. The Morgan fingerprint density at radius 2 is 1.87 bits per heavy atom. The highest BCUT2D eigenvalue weighted by Gasteiger charge is 2.10. The lowest BCUT2D eigenvalue weighted by molar-refractivity contribution is 0.355. The highest BCUT2D eigenvalue weighted by atomic mass is 16.5. The summed E-state index contributed by atoms with van der Waals surface area (Å²) in [6.07, 6.45) is 5.95. The molecule has 2 heteroatoms. The summed E-state index contributed by atoms with van der Waals surface area (Å²) >= 11 is 0. The van der Waals surface area contributed by atoms with Gasteiger partial charge in [0.15, 0.2) is 11.5 Å². The molecule has 2 rings (SSSR count). The molecule has 0 amide bonds. The van der Waals surface area contributed by atoms with Gasteiger partial charge in [0.05, 0.1) is 14.2 Å². The van der Waals surface area contributed by atoms with Gasteiger partial charge >= 0.3 is 0 Å². The topological polar surface area (TPSA) is 18.5 Å². The Morgan fingerprint density at radius 1 is 1.07 bits per heavy atom. The molecule has 1 aromatic carbocycles. The number of benzene rings is 1. The summed E-state index contributed by atoms with van der Waals surface area (Å²) in [6.45, 7) is 0. The number of ether oxygens (including phenoxy) is 2. The molecule has 0 saturated heterocycles. The van der Waals surface area contributed by atoms with Crippen molar-refractivity contribution < 1.29 is 9.47 Å². The van der Waals surface area contributed by atoms with Crippen LogP contribution in [0.5, 0.6) is 11.5 Å². The summed E-state index contributed by atoms with van der Waals surface area (Å²) in [7, 11) is 3.33. The SMILES string of the molecule is COc1ccc(C2=CCCC2)cc1OC. The highest BCUT2D eigenvalue weighted by molar-refractivity contribution is 5.69. The zero-order valence-electron chi connectivity index (χ0n) is 9.25. The molecule has 0 atom stereocenters. The van der Waals surface area contributed by atoms with E-state index in [1.54, 1.807) is 14.2 Å². The van der Waals surface area contributed by atoms with E-state index in [0.29, 0.717) is 0 Å². The average molecular weight is 204 g/mol. The van der Waals surface area contributed by atoms with Crippen LogP contribution < -0.4 is 9.47 Å². The standard InChI is InChI=1S/C13H16O2/c1-14-12-8-7-11(9-13(12)15-2)10-5-3-4-6-10/h5,7-9H,3-4,6H2,1-2H3. The Labute approximate surface area is 90.5 Å². The quantitative estimate of drug-likeness (QED) is 0.752. The van der Waals surface area contributed by atoms with Gasteiger partial charge in [-0.15, -0.1) is 0 Å². The maximum atomic E-state index is 5.28. The minimum Gasteiger partial charge on any atom is -0.493 e. The Hall–Kier alpha value is -1.44. The summed E-state index contributed by atoms with van der Waals surface area (Å²) < 4.78 is 10.5. The van der Waals surface area contributed by atoms with Crippen LogP contribution in [0.2, 0.25) is 0 Å². The van der Waals surface area contributed by atoms with Crippen LogP contribution in [0, 0.1) is 0 Å². The Balaban J connectivity index is 2.34. The number of methoxy groups -OCH3 is 2. The first kappa shape index (κ1) is 10.1. The third kappa shape index (κ3) is 1.99. The molecule has 0 spiro atoms. The van der Waals surface area contributed by atoms with Gasteiger partial charge in [0.25, 0.3) is 0 Å². The van der Waals surface area contributed by atoms with E-state index >= 15 is 0 Å².